The van der Waals surface area contributed by atoms with Gasteiger partial charge in [0.05, 0.1) is 11.9 Å². The first kappa shape index (κ1) is 15.7. The summed E-state index contributed by atoms with van der Waals surface area (Å²) in [5.74, 6) is -0.208. The van der Waals surface area contributed by atoms with Crippen LogP contribution in [-0.4, -0.2) is 15.9 Å². The Balaban J connectivity index is 1.59. The van der Waals surface area contributed by atoms with E-state index in [9.17, 15) is 4.79 Å². The van der Waals surface area contributed by atoms with Crippen molar-refractivity contribution in [1.29, 1.82) is 0 Å². The number of anilines is 2. The molecule has 5 heteroatoms. The average Bonchev–Trinajstić information content (AvgIpc) is 2.63. The number of hydrogen-bond acceptors (Lipinski definition) is 4. The number of benzene rings is 1. The standard InChI is InChI=1S/C19H18N4O/c1-14-4-6-16(7-5-14)23-17-8-9-18(21-13-17)19(24)22-12-15-3-2-10-20-11-15/h2-11,13,23H,12H2,1H3,(H,22,24). The second-order valence-corrected chi connectivity index (χ2v) is 5.47. The van der Waals surface area contributed by atoms with E-state index in [1.165, 1.54) is 5.56 Å². The highest BCUT2D eigenvalue weighted by atomic mass is 16.1. The van der Waals surface area contributed by atoms with E-state index in [4.69, 9.17) is 0 Å². The van der Waals surface area contributed by atoms with Crippen molar-refractivity contribution in [2.75, 3.05) is 5.32 Å². The Kier molecular flexibility index (Phi) is 4.81. The second-order valence-electron chi connectivity index (χ2n) is 5.47. The van der Waals surface area contributed by atoms with Gasteiger partial charge in [-0.3, -0.25) is 9.78 Å². The quantitative estimate of drug-likeness (QED) is 0.756. The first-order chi connectivity index (χ1) is 11.7. The summed E-state index contributed by atoms with van der Waals surface area (Å²) < 4.78 is 0. The number of aryl methyl sites for hydroxylation is 1. The minimum Gasteiger partial charge on any atom is -0.354 e. The Morgan fingerprint density at radius 1 is 1.00 bits per heavy atom. The first-order valence-electron chi connectivity index (χ1n) is 7.67. The van der Waals surface area contributed by atoms with Crippen molar-refractivity contribution >= 4 is 17.3 Å². The van der Waals surface area contributed by atoms with Gasteiger partial charge in [-0.1, -0.05) is 23.8 Å². The molecule has 5 nitrogen and oxygen atoms in total. The summed E-state index contributed by atoms with van der Waals surface area (Å²) in [5, 5.41) is 6.08. The predicted molar refractivity (Wildman–Crippen MR) is 94.1 cm³/mol. The third kappa shape index (κ3) is 4.16. The van der Waals surface area contributed by atoms with Gasteiger partial charge < -0.3 is 10.6 Å². The van der Waals surface area contributed by atoms with Gasteiger partial charge in [-0.05, 0) is 42.8 Å². The lowest BCUT2D eigenvalue weighted by Crippen LogP contribution is -2.23. The molecule has 3 rings (SSSR count). The largest absolute Gasteiger partial charge is 0.354 e. The molecule has 2 N–H and O–H groups in total. The zero-order valence-electron chi connectivity index (χ0n) is 13.4. The van der Waals surface area contributed by atoms with Crippen molar-refractivity contribution in [3.8, 4) is 0 Å². The predicted octanol–water partition coefficient (Wildman–Crippen LogP) is 3.46. The molecule has 0 saturated heterocycles. The van der Waals surface area contributed by atoms with E-state index in [-0.39, 0.29) is 5.91 Å². The number of aromatic nitrogens is 2. The second kappa shape index (κ2) is 7.37. The molecule has 0 aliphatic heterocycles. The van der Waals surface area contributed by atoms with Crippen LogP contribution in [0.3, 0.4) is 0 Å². The van der Waals surface area contributed by atoms with Gasteiger partial charge >= 0.3 is 0 Å². The van der Waals surface area contributed by atoms with Gasteiger partial charge in [0.15, 0.2) is 0 Å². The van der Waals surface area contributed by atoms with Crippen molar-refractivity contribution in [1.82, 2.24) is 15.3 Å². The molecule has 1 aromatic carbocycles. The summed E-state index contributed by atoms with van der Waals surface area (Å²) in [6.07, 6.45) is 5.08. The molecule has 120 valence electrons. The third-order valence-corrected chi connectivity index (χ3v) is 3.51. The van der Waals surface area contributed by atoms with Crippen LogP contribution in [0, 0.1) is 6.92 Å². The Labute approximate surface area is 140 Å². The van der Waals surface area contributed by atoms with Gasteiger partial charge in [-0.15, -0.1) is 0 Å². The maximum atomic E-state index is 12.1. The molecule has 2 heterocycles. The van der Waals surface area contributed by atoms with E-state index in [2.05, 4.69) is 20.6 Å². The van der Waals surface area contributed by atoms with Crippen molar-refractivity contribution in [3.05, 3.63) is 83.9 Å². The molecular formula is C19H18N4O. The molecule has 1 amide bonds. The molecule has 0 unspecified atom stereocenters. The number of hydrogen-bond donors (Lipinski definition) is 2. The van der Waals surface area contributed by atoms with Crippen LogP contribution < -0.4 is 10.6 Å². The highest BCUT2D eigenvalue weighted by Crippen LogP contribution is 2.16. The molecule has 2 aromatic heterocycles. The molecular weight excluding hydrogens is 300 g/mol. The fourth-order valence-electron chi connectivity index (χ4n) is 2.18. The third-order valence-electron chi connectivity index (χ3n) is 3.51. The zero-order valence-corrected chi connectivity index (χ0v) is 13.4. The monoisotopic (exact) mass is 318 g/mol. The van der Waals surface area contributed by atoms with Crippen LogP contribution in [0.2, 0.25) is 0 Å². The molecule has 0 aliphatic carbocycles. The van der Waals surface area contributed by atoms with E-state index in [1.807, 2.05) is 49.4 Å². The number of carbonyl (C=O) groups is 1. The Morgan fingerprint density at radius 3 is 2.46 bits per heavy atom. The normalized spacial score (nSPS) is 10.2. The lowest BCUT2D eigenvalue weighted by molar-refractivity contribution is 0.0946. The van der Waals surface area contributed by atoms with Crippen molar-refractivity contribution in [2.45, 2.75) is 13.5 Å². The van der Waals surface area contributed by atoms with Crippen LogP contribution in [0.5, 0.6) is 0 Å². The molecule has 0 spiro atoms. The molecule has 0 saturated carbocycles. The number of amides is 1. The van der Waals surface area contributed by atoms with Crippen LogP contribution >= 0.6 is 0 Å². The molecule has 0 bridgehead atoms. The van der Waals surface area contributed by atoms with Crippen LogP contribution in [0.15, 0.2) is 67.1 Å². The Hall–Kier alpha value is -3.21. The highest BCUT2D eigenvalue weighted by Gasteiger charge is 2.07. The smallest absolute Gasteiger partial charge is 0.270 e. The molecule has 24 heavy (non-hydrogen) atoms. The lowest BCUT2D eigenvalue weighted by atomic mass is 10.2. The molecule has 0 fully saturated rings. The highest BCUT2D eigenvalue weighted by molar-refractivity contribution is 5.92. The molecule has 0 radical (unpaired) electrons. The van der Waals surface area contributed by atoms with Gasteiger partial charge in [-0.25, -0.2) is 4.98 Å². The first-order valence-corrected chi connectivity index (χ1v) is 7.67. The van der Waals surface area contributed by atoms with Gasteiger partial charge in [0.25, 0.3) is 5.91 Å². The number of pyridine rings is 2. The summed E-state index contributed by atoms with van der Waals surface area (Å²) in [4.78, 5) is 20.3. The molecule has 0 atom stereocenters. The minimum atomic E-state index is -0.208. The van der Waals surface area contributed by atoms with Crippen LogP contribution in [0.4, 0.5) is 11.4 Å². The minimum absolute atomic E-state index is 0.208. The van der Waals surface area contributed by atoms with E-state index in [0.29, 0.717) is 12.2 Å². The number of nitrogens with one attached hydrogen (secondary N) is 2. The van der Waals surface area contributed by atoms with E-state index < -0.39 is 0 Å². The van der Waals surface area contributed by atoms with E-state index in [1.54, 1.807) is 24.7 Å². The Bertz CT molecular complexity index is 799. The van der Waals surface area contributed by atoms with Gasteiger partial charge in [-0.2, -0.15) is 0 Å². The summed E-state index contributed by atoms with van der Waals surface area (Å²) in [7, 11) is 0. The van der Waals surface area contributed by atoms with E-state index >= 15 is 0 Å². The van der Waals surface area contributed by atoms with Crippen molar-refractivity contribution < 1.29 is 4.79 Å². The van der Waals surface area contributed by atoms with Crippen LogP contribution in [0.25, 0.3) is 0 Å². The summed E-state index contributed by atoms with van der Waals surface area (Å²) in [6, 6.07) is 15.4. The fourth-order valence-corrected chi connectivity index (χ4v) is 2.18. The fraction of sp³-hybridized carbons (Fsp3) is 0.105. The number of rotatable bonds is 5. The topological polar surface area (TPSA) is 66.9 Å². The number of nitrogens with zero attached hydrogens (tertiary/aromatic N) is 2. The summed E-state index contributed by atoms with van der Waals surface area (Å²) in [6.45, 7) is 2.47. The summed E-state index contributed by atoms with van der Waals surface area (Å²) >= 11 is 0. The van der Waals surface area contributed by atoms with Crippen molar-refractivity contribution in [3.63, 3.8) is 0 Å². The molecule has 3 aromatic rings. The van der Waals surface area contributed by atoms with Crippen LogP contribution in [-0.2, 0) is 6.54 Å². The van der Waals surface area contributed by atoms with Gasteiger partial charge in [0, 0.05) is 24.6 Å². The Morgan fingerprint density at radius 2 is 1.79 bits per heavy atom. The zero-order chi connectivity index (χ0) is 16.8. The SMILES string of the molecule is Cc1ccc(Nc2ccc(C(=O)NCc3cccnc3)nc2)cc1. The van der Waals surface area contributed by atoms with Crippen molar-refractivity contribution in [2.24, 2.45) is 0 Å². The van der Waals surface area contributed by atoms with Gasteiger partial charge in [0.2, 0.25) is 0 Å². The molecule has 0 aliphatic rings. The van der Waals surface area contributed by atoms with Gasteiger partial charge in [0.1, 0.15) is 5.69 Å². The van der Waals surface area contributed by atoms with E-state index in [0.717, 1.165) is 16.9 Å². The van der Waals surface area contributed by atoms with Crippen LogP contribution in [0.1, 0.15) is 21.6 Å². The maximum Gasteiger partial charge on any atom is 0.270 e. The average molecular weight is 318 g/mol. The maximum absolute atomic E-state index is 12.1. The lowest BCUT2D eigenvalue weighted by Gasteiger charge is -2.08. The summed E-state index contributed by atoms with van der Waals surface area (Å²) in [5.41, 5.74) is 4.36. The number of carbonyl (C=O) groups excluding carboxylic acids is 1.